The van der Waals surface area contributed by atoms with Crippen LogP contribution in [0.1, 0.15) is 26.4 Å². The van der Waals surface area contributed by atoms with E-state index in [-0.39, 0.29) is 11.6 Å². The van der Waals surface area contributed by atoms with E-state index < -0.39 is 5.97 Å². The van der Waals surface area contributed by atoms with Crippen molar-refractivity contribution in [1.29, 1.82) is 0 Å². The molecule has 0 saturated heterocycles. The number of thiazole rings is 1. The number of nitrogens with zero attached hydrogens (tertiary/aromatic N) is 2. The van der Waals surface area contributed by atoms with Gasteiger partial charge in [-0.15, -0.1) is 11.3 Å². The molecule has 0 unspecified atom stereocenters. The second kappa shape index (κ2) is 8.93. The molecule has 1 aromatic heterocycles. The molecule has 6 heteroatoms. The van der Waals surface area contributed by atoms with Crippen molar-refractivity contribution < 1.29 is 14.3 Å². The summed E-state index contributed by atoms with van der Waals surface area (Å²) >= 11 is 1.39. The fourth-order valence-electron chi connectivity index (χ4n) is 2.98. The van der Waals surface area contributed by atoms with E-state index in [4.69, 9.17) is 4.74 Å². The Hall–Kier alpha value is -3.77. The van der Waals surface area contributed by atoms with Crippen LogP contribution >= 0.6 is 11.3 Å². The summed E-state index contributed by atoms with van der Waals surface area (Å²) in [5, 5.41) is 2.45. The highest BCUT2D eigenvalue weighted by Crippen LogP contribution is 2.25. The first-order valence-electron chi connectivity index (χ1n) is 9.69. The minimum Gasteiger partial charge on any atom is -0.422 e. The lowest BCUT2D eigenvalue weighted by Gasteiger charge is -2.18. The number of hydrogen-bond donors (Lipinski definition) is 0. The first-order chi connectivity index (χ1) is 15.0. The third-order valence-corrected chi connectivity index (χ3v) is 5.66. The molecule has 0 fully saturated rings. The molecule has 0 aliphatic heterocycles. The van der Waals surface area contributed by atoms with Gasteiger partial charge in [0.15, 0.2) is 5.69 Å². The molecule has 0 atom stereocenters. The summed E-state index contributed by atoms with van der Waals surface area (Å²) in [4.78, 5) is 31.0. The van der Waals surface area contributed by atoms with Crippen LogP contribution in [0.5, 0.6) is 5.75 Å². The molecule has 0 aliphatic rings. The van der Waals surface area contributed by atoms with E-state index in [0.717, 1.165) is 16.1 Å². The van der Waals surface area contributed by atoms with Crippen LogP contribution in [0, 0.1) is 6.92 Å². The number of ether oxygens (including phenoxy) is 1. The Morgan fingerprint density at radius 2 is 1.58 bits per heavy atom. The number of carbonyl (C=O) groups excluding carboxylic acids is 2. The zero-order valence-corrected chi connectivity index (χ0v) is 17.9. The van der Waals surface area contributed by atoms with Gasteiger partial charge in [-0.3, -0.25) is 4.79 Å². The van der Waals surface area contributed by atoms with Gasteiger partial charge in [0.2, 0.25) is 0 Å². The van der Waals surface area contributed by atoms with E-state index in [1.165, 1.54) is 11.3 Å². The molecule has 0 N–H and O–H groups in total. The topological polar surface area (TPSA) is 59.5 Å². The van der Waals surface area contributed by atoms with Gasteiger partial charge in [0.1, 0.15) is 10.8 Å². The number of hydrogen-bond acceptors (Lipinski definition) is 5. The molecule has 1 heterocycles. The maximum absolute atomic E-state index is 12.7. The van der Waals surface area contributed by atoms with Crippen LogP contribution in [0.4, 0.5) is 5.69 Å². The van der Waals surface area contributed by atoms with Gasteiger partial charge in [-0.05, 0) is 43.3 Å². The zero-order valence-electron chi connectivity index (χ0n) is 17.1. The van der Waals surface area contributed by atoms with E-state index in [0.29, 0.717) is 17.0 Å². The zero-order chi connectivity index (χ0) is 21.8. The first kappa shape index (κ1) is 20.5. The smallest absolute Gasteiger partial charge is 0.363 e. The van der Waals surface area contributed by atoms with E-state index in [2.05, 4.69) is 4.98 Å². The number of rotatable bonds is 5. The largest absolute Gasteiger partial charge is 0.422 e. The Kier molecular flexibility index (Phi) is 5.91. The summed E-state index contributed by atoms with van der Waals surface area (Å²) in [5.41, 5.74) is 3.63. The predicted octanol–water partition coefficient (Wildman–Crippen LogP) is 5.61. The Morgan fingerprint density at radius 1 is 0.903 bits per heavy atom. The van der Waals surface area contributed by atoms with Crippen molar-refractivity contribution in [3.05, 3.63) is 101 Å². The molecular formula is C25H20N2O3S. The predicted molar refractivity (Wildman–Crippen MR) is 123 cm³/mol. The Balaban J connectivity index is 1.42. The maximum atomic E-state index is 12.7. The Labute approximate surface area is 184 Å². The van der Waals surface area contributed by atoms with E-state index in [1.807, 2.05) is 61.5 Å². The second-order valence-corrected chi connectivity index (χ2v) is 7.88. The molecule has 1 amide bonds. The van der Waals surface area contributed by atoms with Crippen molar-refractivity contribution in [1.82, 2.24) is 4.98 Å². The third kappa shape index (κ3) is 4.70. The second-order valence-electron chi connectivity index (χ2n) is 7.02. The molecule has 3 aromatic carbocycles. The molecule has 5 nitrogen and oxygen atoms in total. The number of amides is 1. The van der Waals surface area contributed by atoms with Crippen molar-refractivity contribution in [2.45, 2.75) is 6.92 Å². The summed E-state index contributed by atoms with van der Waals surface area (Å²) < 4.78 is 5.44. The van der Waals surface area contributed by atoms with Gasteiger partial charge in [0.25, 0.3) is 5.91 Å². The summed E-state index contributed by atoms with van der Waals surface area (Å²) in [6.45, 7) is 1.98. The van der Waals surface area contributed by atoms with Crippen LogP contribution in [0.2, 0.25) is 0 Å². The summed E-state index contributed by atoms with van der Waals surface area (Å²) in [6.07, 6.45) is 0. The van der Waals surface area contributed by atoms with Gasteiger partial charge < -0.3 is 9.64 Å². The highest BCUT2D eigenvalue weighted by Gasteiger charge is 2.16. The van der Waals surface area contributed by atoms with E-state index in [9.17, 15) is 9.59 Å². The lowest BCUT2D eigenvalue weighted by Crippen LogP contribution is -2.26. The summed E-state index contributed by atoms with van der Waals surface area (Å²) in [7, 11) is 1.71. The van der Waals surface area contributed by atoms with Gasteiger partial charge in [0, 0.05) is 29.2 Å². The van der Waals surface area contributed by atoms with Crippen LogP contribution in [-0.4, -0.2) is 23.9 Å². The highest BCUT2D eigenvalue weighted by molar-refractivity contribution is 7.13. The van der Waals surface area contributed by atoms with Gasteiger partial charge in [-0.2, -0.15) is 0 Å². The fourth-order valence-corrected chi connectivity index (χ4v) is 3.78. The molecule has 0 spiro atoms. The minimum atomic E-state index is -0.518. The highest BCUT2D eigenvalue weighted by atomic mass is 32.1. The standard InChI is InChI=1S/C25H20N2O3S/c1-17-8-10-19(11-9-17)24(28)27(2)20-12-14-21(15-13-20)30-25(29)22-16-31-23(26-22)18-6-4-3-5-7-18/h3-16H,1-2H3. The number of anilines is 1. The lowest BCUT2D eigenvalue weighted by molar-refractivity contribution is 0.0729. The average molecular weight is 429 g/mol. The first-order valence-corrected chi connectivity index (χ1v) is 10.6. The van der Waals surface area contributed by atoms with Crippen LogP contribution in [0.15, 0.2) is 84.2 Å². The van der Waals surface area contributed by atoms with Crippen LogP contribution < -0.4 is 9.64 Å². The number of benzene rings is 3. The normalized spacial score (nSPS) is 10.5. The molecule has 0 bridgehead atoms. The molecule has 0 radical (unpaired) electrons. The van der Waals surface area contributed by atoms with Crippen molar-refractivity contribution in [3.8, 4) is 16.3 Å². The fraction of sp³-hybridized carbons (Fsp3) is 0.0800. The van der Waals surface area contributed by atoms with Gasteiger partial charge in [-0.25, -0.2) is 9.78 Å². The van der Waals surface area contributed by atoms with Crippen molar-refractivity contribution in [3.63, 3.8) is 0 Å². The van der Waals surface area contributed by atoms with Crippen LogP contribution in [0.3, 0.4) is 0 Å². The van der Waals surface area contributed by atoms with Gasteiger partial charge >= 0.3 is 5.97 Å². The Bertz CT molecular complexity index is 1200. The third-order valence-electron chi connectivity index (χ3n) is 4.77. The van der Waals surface area contributed by atoms with Gasteiger partial charge in [-0.1, -0.05) is 48.0 Å². The van der Waals surface area contributed by atoms with E-state index >= 15 is 0 Å². The quantitative estimate of drug-likeness (QED) is 0.306. The molecule has 0 aliphatic carbocycles. The van der Waals surface area contributed by atoms with Crippen LogP contribution in [-0.2, 0) is 0 Å². The molecule has 4 rings (SSSR count). The molecule has 31 heavy (non-hydrogen) atoms. The van der Waals surface area contributed by atoms with E-state index in [1.54, 1.807) is 41.6 Å². The van der Waals surface area contributed by atoms with Crippen molar-refractivity contribution >= 4 is 28.9 Å². The van der Waals surface area contributed by atoms with Crippen LogP contribution in [0.25, 0.3) is 10.6 Å². The number of aromatic nitrogens is 1. The Morgan fingerprint density at radius 3 is 2.26 bits per heavy atom. The summed E-state index contributed by atoms with van der Waals surface area (Å²) in [6, 6.07) is 23.9. The number of esters is 1. The number of carbonyl (C=O) groups is 2. The lowest BCUT2D eigenvalue weighted by atomic mass is 10.1. The number of aryl methyl sites for hydroxylation is 1. The van der Waals surface area contributed by atoms with Crippen molar-refractivity contribution in [2.75, 3.05) is 11.9 Å². The molecular weight excluding hydrogens is 408 g/mol. The average Bonchev–Trinajstić information content (AvgIpc) is 3.30. The maximum Gasteiger partial charge on any atom is 0.363 e. The van der Waals surface area contributed by atoms with Gasteiger partial charge in [0.05, 0.1) is 0 Å². The van der Waals surface area contributed by atoms with Crippen molar-refractivity contribution in [2.24, 2.45) is 0 Å². The monoisotopic (exact) mass is 428 g/mol. The SMILES string of the molecule is Cc1ccc(C(=O)N(C)c2ccc(OC(=O)c3csc(-c4ccccc4)n3)cc2)cc1. The minimum absolute atomic E-state index is 0.111. The molecule has 4 aromatic rings. The molecule has 154 valence electrons. The molecule has 0 saturated carbocycles. The summed E-state index contributed by atoms with van der Waals surface area (Å²) in [5.74, 6) is -0.241.